The molecule has 0 saturated carbocycles. The number of hydrogen-bond acceptors (Lipinski definition) is 3. The van der Waals surface area contributed by atoms with E-state index in [9.17, 15) is 14.5 Å². The second-order valence-corrected chi connectivity index (χ2v) is 5.03. The maximum atomic E-state index is 13.5. The molecule has 21 heavy (non-hydrogen) atoms. The summed E-state index contributed by atoms with van der Waals surface area (Å²) in [6, 6.07) is 10.2. The lowest BCUT2D eigenvalue weighted by Gasteiger charge is -2.09. The Kier molecular flexibility index (Phi) is 4.65. The van der Waals surface area contributed by atoms with E-state index in [1.165, 1.54) is 6.07 Å². The second-order valence-electron chi connectivity index (χ2n) is 5.03. The van der Waals surface area contributed by atoms with Crippen LogP contribution in [0.25, 0.3) is 0 Å². The largest absolute Gasteiger partial charge is 0.308 e. The van der Waals surface area contributed by atoms with Gasteiger partial charge in [-0.3, -0.25) is 10.1 Å². The molecule has 0 atom stereocenters. The van der Waals surface area contributed by atoms with Crippen LogP contribution in [0, 0.1) is 29.8 Å². The highest BCUT2D eigenvalue weighted by Crippen LogP contribution is 2.18. The van der Waals surface area contributed by atoms with Crippen molar-refractivity contribution in [3.8, 4) is 0 Å². The summed E-state index contributed by atoms with van der Waals surface area (Å²) in [6.07, 6.45) is 0. The van der Waals surface area contributed by atoms with Crippen LogP contribution in [0.1, 0.15) is 22.3 Å². The highest BCUT2D eigenvalue weighted by molar-refractivity contribution is 5.39. The van der Waals surface area contributed by atoms with Gasteiger partial charge in [0.05, 0.1) is 4.92 Å². The lowest BCUT2D eigenvalue weighted by molar-refractivity contribution is -0.385. The van der Waals surface area contributed by atoms with Crippen molar-refractivity contribution in [1.29, 1.82) is 0 Å². The predicted molar refractivity (Wildman–Crippen MR) is 79.5 cm³/mol. The molecule has 0 radical (unpaired) electrons. The van der Waals surface area contributed by atoms with Gasteiger partial charge in [0.2, 0.25) is 0 Å². The zero-order valence-electron chi connectivity index (χ0n) is 12.0. The number of nitrogens with one attached hydrogen (secondary N) is 1. The minimum absolute atomic E-state index is 0.108. The summed E-state index contributed by atoms with van der Waals surface area (Å²) in [5.74, 6) is -0.183. The first-order valence-corrected chi connectivity index (χ1v) is 6.67. The van der Waals surface area contributed by atoms with Crippen molar-refractivity contribution in [2.75, 3.05) is 0 Å². The fourth-order valence-electron chi connectivity index (χ4n) is 2.32. The van der Waals surface area contributed by atoms with Crippen LogP contribution in [0.15, 0.2) is 36.4 Å². The van der Waals surface area contributed by atoms with Crippen molar-refractivity contribution in [1.82, 2.24) is 5.32 Å². The second kappa shape index (κ2) is 6.45. The van der Waals surface area contributed by atoms with Gasteiger partial charge in [-0.1, -0.05) is 30.3 Å². The van der Waals surface area contributed by atoms with E-state index in [2.05, 4.69) is 5.32 Å². The molecule has 1 N–H and O–H groups in total. The molecule has 0 aliphatic rings. The van der Waals surface area contributed by atoms with E-state index in [1.807, 2.05) is 0 Å². The molecule has 4 nitrogen and oxygen atoms in total. The molecule has 0 aromatic heterocycles. The number of nitrogens with zero attached hydrogens (tertiary/aromatic N) is 1. The molecule has 0 fully saturated rings. The molecule has 0 aliphatic carbocycles. The first-order valence-electron chi connectivity index (χ1n) is 6.67. The third kappa shape index (κ3) is 3.64. The Morgan fingerprint density at radius 3 is 2.38 bits per heavy atom. The standard InChI is InChI=1S/C16H17FN2O2/c1-11-7-13(8-12(2)16(11)17)9-18-10-14-5-3-4-6-15(14)19(20)21/h3-8,18H,9-10H2,1-2H3. The summed E-state index contributed by atoms with van der Waals surface area (Å²) in [6.45, 7) is 4.39. The van der Waals surface area contributed by atoms with Crippen molar-refractivity contribution < 1.29 is 9.31 Å². The average Bonchev–Trinajstić information content (AvgIpc) is 2.45. The molecule has 0 spiro atoms. The monoisotopic (exact) mass is 288 g/mol. The van der Waals surface area contributed by atoms with Crippen molar-refractivity contribution >= 4 is 5.69 Å². The SMILES string of the molecule is Cc1cc(CNCc2ccccc2[N+](=O)[O-])cc(C)c1F. The van der Waals surface area contributed by atoms with E-state index >= 15 is 0 Å². The number of hydrogen-bond donors (Lipinski definition) is 1. The molecule has 2 aromatic carbocycles. The van der Waals surface area contributed by atoms with Gasteiger partial charge in [0.1, 0.15) is 5.82 Å². The van der Waals surface area contributed by atoms with Crippen LogP contribution in [0.3, 0.4) is 0 Å². The topological polar surface area (TPSA) is 55.2 Å². The van der Waals surface area contributed by atoms with Crippen LogP contribution in [0.4, 0.5) is 10.1 Å². The molecule has 0 aliphatic heterocycles. The van der Waals surface area contributed by atoms with Crippen LogP contribution in [0.5, 0.6) is 0 Å². The van der Waals surface area contributed by atoms with Gasteiger partial charge in [-0.2, -0.15) is 0 Å². The molecular weight excluding hydrogens is 271 g/mol. The molecule has 2 rings (SSSR count). The Balaban J connectivity index is 2.04. The number of nitro groups is 1. The van der Waals surface area contributed by atoms with E-state index in [-0.39, 0.29) is 16.4 Å². The van der Waals surface area contributed by atoms with Crippen molar-refractivity contribution in [3.05, 3.63) is 74.6 Å². The summed E-state index contributed by atoms with van der Waals surface area (Å²) in [5.41, 5.74) is 2.93. The highest BCUT2D eigenvalue weighted by atomic mass is 19.1. The van der Waals surface area contributed by atoms with Crippen LogP contribution in [-0.2, 0) is 13.1 Å². The summed E-state index contributed by atoms with van der Waals surface area (Å²) in [7, 11) is 0. The third-order valence-electron chi connectivity index (χ3n) is 3.33. The number of rotatable bonds is 5. The van der Waals surface area contributed by atoms with Crippen LogP contribution in [-0.4, -0.2) is 4.92 Å². The van der Waals surface area contributed by atoms with E-state index in [4.69, 9.17) is 0 Å². The van der Waals surface area contributed by atoms with E-state index in [0.717, 1.165) is 5.56 Å². The molecule has 0 saturated heterocycles. The van der Waals surface area contributed by atoms with Gasteiger partial charge in [0.15, 0.2) is 0 Å². The van der Waals surface area contributed by atoms with Crippen LogP contribution in [0.2, 0.25) is 0 Å². The molecule has 110 valence electrons. The van der Waals surface area contributed by atoms with E-state index < -0.39 is 0 Å². The first-order chi connectivity index (χ1) is 9.99. The summed E-state index contributed by atoms with van der Waals surface area (Å²) >= 11 is 0. The van der Waals surface area contributed by atoms with Gasteiger partial charge in [-0.25, -0.2) is 4.39 Å². The zero-order chi connectivity index (χ0) is 15.4. The van der Waals surface area contributed by atoms with Crippen molar-refractivity contribution in [2.45, 2.75) is 26.9 Å². The number of para-hydroxylation sites is 1. The zero-order valence-corrected chi connectivity index (χ0v) is 12.0. The van der Waals surface area contributed by atoms with Gasteiger partial charge in [-0.15, -0.1) is 0 Å². The number of nitro benzene ring substituents is 1. The minimum Gasteiger partial charge on any atom is -0.308 e. The van der Waals surface area contributed by atoms with Crippen molar-refractivity contribution in [2.24, 2.45) is 0 Å². The molecule has 0 heterocycles. The Bertz CT molecular complexity index is 648. The van der Waals surface area contributed by atoms with Gasteiger partial charge in [0, 0.05) is 24.7 Å². The smallest absolute Gasteiger partial charge is 0.273 e. The fourth-order valence-corrected chi connectivity index (χ4v) is 2.32. The Labute approximate surface area is 122 Å². The highest BCUT2D eigenvalue weighted by Gasteiger charge is 2.11. The van der Waals surface area contributed by atoms with Crippen LogP contribution >= 0.6 is 0 Å². The summed E-state index contributed by atoms with van der Waals surface area (Å²) in [4.78, 5) is 10.5. The molecular formula is C16H17FN2O2. The number of benzene rings is 2. The third-order valence-corrected chi connectivity index (χ3v) is 3.33. The Hall–Kier alpha value is -2.27. The lowest BCUT2D eigenvalue weighted by Crippen LogP contribution is -2.14. The van der Waals surface area contributed by atoms with Crippen molar-refractivity contribution in [3.63, 3.8) is 0 Å². The quantitative estimate of drug-likeness (QED) is 0.675. The van der Waals surface area contributed by atoms with Gasteiger partial charge >= 0.3 is 0 Å². The maximum absolute atomic E-state index is 13.5. The Morgan fingerprint density at radius 2 is 1.76 bits per heavy atom. The molecule has 5 heteroatoms. The normalized spacial score (nSPS) is 10.6. The van der Waals surface area contributed by atoms with E-state index in [0.29, 0.717) is 29.8 Å². The van der Waals surface area contributed by atoms with Gasteiger partial charge < -0.3 is 5.32 Å². The number of halogens is 1. The minimum atomic E-state index is -0.386. The first kappa shape index (κ1) is 15.1. The number of aryl methyl sites for hydroxylation is 2. The van der Waals surface area contributed by atoms with E-state index in [1.54, 1.807) is 44.2 Å². The van der Waals surface area contributed by atoms with Gasteiger partial charge in [-0.05, 0) is 30.5 Å². The maximum Gasteiger partial charge on any atom is 0.273 e. The fraction of sp³-hybridized carbons (Fsp3) is 0.250. The summed E-state index contributed by atoms with van der Waals surface area (Å²) in [5, 5.41) is 14.1. The molecule has 0 bridgehead atoms. The Morgan fingerprint density at radius 1 is 1.14 bits per heavy atom. The molecule has 2 aromatic rings. The van der Waals surface area contributed by atoms with Gasteiger partial charge in [0.25, 0.3) is 5.69 Å². The molecule has 0 unspecified atom stereocenters. The van der Waals surface area contributed by atoms with Crippen LogP contribution < -0.4 is 5.32 Å². The average molecular weight is 288 g/mol. The lowest BCUT2D eigenvalue weighted by atomic mass is 10.1. The predicted octanol–water partition coefficient (Wildman–Crippen LogP) is 3.64. The molecule has 0 amide bonds. The summed E-state index contributed by atoms with van der Waals surface area (Å²) < 4.78 is 13.5.